The van der Waals surface area contributed by atoms with Crippen LogP contribution < -0.4 is 5.32 Å². The Kier molecular flexibility index (Phi) is 5.35. The standard InChI is InChI=1S/C18H28N2O6/c1-17(2,3)25-15(23)19-13(22)8-12(21)14-11-7-10(11)9-20(14)16(24)26-18(4,5)6/h10-11,14H,7-9H2,1-6H3,(H,19,22,23). The molecule has 146 valence electrons. The fraction of sp³-hybridized carbons (Fsp3) is 0.778. The lowest BCUT2D eigenvalue weighted by Crippen LogP contribution is -2.47. The predicted molar refractivity (Wildman–Crippen MR) is 92.3 cm³/mol. The molecule has 1 heterocycles. The second-order valence-electron chi connectivity index (χ2n) is 8.93. The van der Waals surface area contributed by atoms with E-state index in [0.717, 1.165) is 6.42 Å². The number of rotatable bonds is 3. The van der Waals surface area contributed by atoms with Crippen molar-refractivity contribution in [3.63, 3.8) is 0 Å². The summed E-state index contributed by atoms with van der Waals surface area (Å²) in [5, 5.41) is 2.05. The second kappa shape index (κ2) is 6.89. The van der Waals surface area contributed by atoms with Gasteiger partial charge in [-0.3, -0.25) is 19.8 Å². The fourth-order valence-electron chi connectivity index (χ4n) is 3.11. The lowest BCUT2D eigenvalue weighted by molar-refractivity contribution is -0.130. The molecule has 0 aromatic carbocycles. The van der Waals surface area contributed by atoms with E-state index in [0.29, 0.717) is 6.54 Å². The SMILES string of the molecule is CC(C)(C)OC(=O)NC(=O)CC(=O)C1C2CC2CN1C(=O)OC(C)(C)C. The molecule has 2 fully saturated rings. The minimum Gasteiger partial charge on any atom is -0.444 e. The summed E-state index contributed by atoms with van der Waals surface area (Å²) in [5.41, 5.74) is -1.40. The number of carbonyl (C=O) groups excluding carboxylic acids is 4. The van der Waals surface area contributed by atoms with E-state index in [1.807, 2.05) is 5.32 Å². The van der Waals surface area contributed by atoms with Crippen LogP contribution in [-0.4, -0.2) is 52.6 Å². The number of likely N-dealkylation sites (tertiary alicyclic amines) is 1. The molecule has 2 aliphatic rings. The molecule has 1 saturated heterocycles. The van der Waals surface area contributed by atoms with Crippen LogP contribution >= 0.6 is 0 Å². The lowest BCUT2D eigenvalue weighted by Gasteiger charge is -2.29. The van der Waals surface area contributed by atoms with Crippen molar-refractivity contribution in [1.29, 1.82) is 0 Å². The minimum absolute atomic E-state index is 0.0735. The van der Waals surface area contributed by atoms with Crippen molar-refractivity contribution in [2.45, 2.75) is 71.6 Å². The normalized spacial score (nSPS) is 24.5. The number of fused-ring (bicyclic) bond motifs is 1. The number of nitrogens with one attached hydrogen (secondary N) is 1. The summed E-state index contributed by atoms with van der Waals surface area (Å²) >= 11 is 0. The van der Waals surface area contributed by atoms with E-state index in [9.17, 15) is 19.2 Å². The van der Waals surface area contributed by atoms with Crippen molar-refractivity contribution < 1.29 is 28.7 Å². The largest absolute Gasteiger partial charge is 0.444 e. The van der Waals surface area contributed by atoms with Crippen LogP contribution in [0, 0.1) is 11.8 Å². The number of ether oxygens (including phenoxy) is 2. The monoisotopic (exact) mass is 368 g/mol. The maximum atomic E-state index is 12.6. The Morgan fingerprint density at radius 1 is 1.00 bits per heavy atom. The van der Waals surface area contributed by atoms with Gasteiger partial charge in [0.15, 0.2) is 5.78 Å². The number of amides is 3. The number of alkyl carbamates (subject to hydrolysis) is 1. The van der Waals surface area contributed by atoms with Gasteiger partial charge in [-0.25, -0.2) is 9.59 Å². The Morgan fingerprint density at radius 2 is 1.58 bits per heavy atom. The third-order valence-electron chi connectivity index (χ3n) is 4.08. The van der Waals surface area contributed by atoms with Crippen molar-refractivity contribution in [3.8, 4) is 0 Å². The number of imide groups is 1. The Bertz CT molecular complexity index is 616. The van der Waals surface area contributed by atoms with Gasteiger partial charge in [0.05, 0.1) is 12.5 Å². The van der Waals surface area contributed by atoms with Crippen molar-refractivity contribution in [2.24, 2.45) is 11.8 Å². The third-order valence-corrected chi connectivity index (χ3v) is 4.08. The van der Waals surface area contributed by atoms with Gasteiger partial charge in [-0.2, -0.15) is 0 Å². The zero-order valence-corrected chi connectivity index (χ0v) is 16.3. The Labute approximate surface area is 153 Å². The molecule has 0 aromatic rings. The van der Waals surface area contributed by atoms with Crippen molar-refractivity contribution in [3.05, 3.63) is 0 Å². The Balaban J connectivity index is 1.93. The molecule has 1 saturated carbocycles. The summed E-state index contributed by atoms with van der Waals surface area (Å²) in [6.07, 6.45) is -1.05. The van der Waals surface area contributed by atoms with Gasteiger partial charge in [0.2, 0.25) is 5.91 Å². The van der Waals surface area contributed by atoms with E-state index in [-0.39, 0.29) is 17.6 Å². The molecule has 1 aliphatic carbocycles. The molecule has 3 atom stereocenters. The van der Waals surface area contributed by atoms with Crippen LogP contribution in [0.15, 0.2) is 0 Å². The van der Waals surface area contributed by atoms with Crippen LogP contribution in [0.25, 0.3) is 0 Å². The molecule has 1 N–H and O–H groups in total. The van der Waals surface area contributed by atoms with Crippen LogP contribution in [0.5, 0.6) is 0 Å². The lowest BCUT2D eigenvalue weighted by atomic mass is 10.0. The highest BCUT2D eigenvalue weighted by molar-refractivity contribution is 6.06. The van der Waals surface area contributed by atoms with Crippen LogP contribution in [0.2, 0.25) is 0 Å². The molecule has 26 heavy (non-hydrogen) atoms. The molecular weight excluding hydrogens is 340 g/mol. The molecule has 0 radical (unpaired) electrons. The zero-order valence-electron chi connectivity index (χ0n) is 16.3. The highest BCUT2D eigenvalue weighted by Gasteiger charge is 2.57. The molecule has 0 aromatic heterocycles. The summed E-state index contributed by atoms with van der Waals surface area (Å²) in [6.45, 7) is 10.8. The molecule has 0 spiro atoms. The number of Topliss-reactive ketones (excluding diaryl/α,β-unsaturated/α-hetero) is 1. The van der Waals surface area contributed by atoms with E-state index in [1.165, 1.54) is 4.90 Å². The second-order valence-corrected chi connectivity index (χ2v) is 8.93. The average Bonchev–Trinajstić information content (AvgIpc) is 3.04. The van der Waals surface area contributed by atoms with Gasteiger partial charge >= 0.3 is 12.2 Å². The van der Waals surface area contributed by atoms with Crippen LogP contribution in [-0.2, 0) is 19.1 Å². The van der Waals surface area contributed by atoms with E-state index < -0.39 is 41.8 Å². The summed E-state index contributed by atoms with van der Waals surface area (Å²) < 4.78 is 10.3. The smallest absolute Gasteiger partial charge is 0.414 e. The van der Waals surface area contributed by atoms with E-state index in [1.54, 1.807) is 41.5 Å². The van der Waals surface area contributed by atoms with Crippen molar-refractivity contribution in [1.82, 2.24) is 10.2 Å². The molecule has 8 heteroatoms. The molecule has 3 unspecified atom stereocenters. The maximum absolute atomic E-state index is 12.6. The van der Waals surface area contributed by atoms with Gasteiger partial charge in [0.25, 0.3) is 0 Å². The summed E-state index contributed by atoms with van der Waals surface area (Å²) in [6, 6.07) is -0.667. The number of piperidine rings is 1. The van der Waals surface area contributed by atoms with E-state index in [2.05, 4.69) is 0 Å². The zero-order chi connectivity index (χ0) is 19.9. The summed E-state index contributed by atoms with van der Waals surface area (Å²) in [5.74, 6) is -0.769. The minimum atomic E-state index is -0.894. The van der Waals surface area contributed by atoms with E-state index >= 15 is 0 Å². The van der Waals surface area contributed by atoms with Gasteiger partial charge in [0.1, 0.15) is 11.2 Å². The molecule has 1 aliphatic heterocycles. The van der Waals surface area contributed by atoms with Gasteiger partial charge < -0.3 is 9.47 Å². The number of nitrogens with zero attached hydrogens (tertiary/aromatic N) is 1. The molecular formula is C18H28N2O6. The molecule has 3 amide bonds. The quantitative estimate of drug-likeness (QED) is 0.767. The molecule has 8 nitrogen and oxygen atoms in total. The first-order valence-corrected chi connectivity index (χ1v) is 8.82. The van der Waals surface area contributed by atoms with Crippen LogP contribution in [0.1, 0.15) is 54.4 Å². The first kappa shape index (κ1) is 20.2. The van der Waals surface area contributed by atoms with Crippen LogP contribution in [0.3, 0.4) is 0 Å². The van der Waals surface area contributed by atoms with Gasteiger partial charge in [-0.05, 0) is 59.8 Å². The van der Waals surface area contributed by atoms with Crippen molar-refractivity contribution in [2.75, 3.05) is 6.54 Å². The van der Waals surface area contributed by atoms with E-state index in [4.69, 9.17) is 9.47 Å². The maximum Gasteiger partial charge on any atom is 0.414 e. The molecule has 2 rings (SSSR count). The third kappa shape index (κ3) is 5.44. The Morgan fingerprint density at radius 3 is 2.12 bits per heavy atom. The van der Waals surface area contributed by atoms with Crippen LogP contribution in [0.4, 0.5) is 9.59 Å². The topological polar surface area (TPSA) is 102 Å². The van der Waals surface area contributed by atoms with Gasteiger partial charge in [0, 0.05) is 6.54 Å². The Hall–Kier alpha value is -2.12. The number of hydrogen-bond donors (Lipinski definition) is 1. The summed E-state index contributed by atoms with van der Waals surface area (Å²) in [7, 11) is 0. The van der Waals surface area contributed by atoms with Crippen molar-refractivity contribution >= 4 is 23.9 Å². The average molecular weight is 368 g/mol. The first-order valence-electron chi connectivity index (χ1n) is 8.82. The first-order chi connectivity index (χ1) is 11.8. The fourth-order valence-corrected chi connectivity index (χ4v) is 3.11. The number of hydrogen-bond acceptors (Lipinski definition) is 6. The van der Waals surface area contributed by atoms with Gasteiger partial charge in [-0.15, -0.1) is 0 Å². The number of carbonyl (C=O) groups is 4. The number of ketones is 1. The highest BCUT2D eigenvalue weighted by Crippen LogP contribution is 2.50. The predicted octanol–water partition coefficient (Wildman–Crippen LogP) is 2.25. The summed E-state index contributed by atoms with van der Waals surface area (Å²) in [4.78, 5) is 49.9. The van der Waals surface area contributed by atoms with Gasteiger partial charge in [-0.1, -0.05) is 0 Å². The molecule has 0 bridgehead atoms. The highest BCUT2D eigenvalue weighted by atomic mass is 16.6.